The van der Waals surface area contributed by atoms with Crippen LogP contribution < -0.4 is 5.32 Å². The molecule has 0 aliphatic rings. The van der Waals surface area contributed by atoms with E-state index in [0.29, 0.717) is 10.2 Å². The maximum Gasteiger partial charge on any atom is 0.326 e. The predicted molar refractivity (Wildman–Crippen MR) is 81.4 cm³/mol. The summed E-state index contributed by atoms with van der Waals surface area (Å²) in [5, 5.41) is 12.5. The topological polar surface area (TPSA) is 91.4 Å². The van der Waals surface area contributed by atoms with Gasteiger partial charge in [0.15, 0.2) is 0 Å². The van der Waals surface area contributed by atoms with Crippen LogP contribution >= 0.6 is 15.9 Å². The Bertz CT molecular complexity index is 668. The van der Waals surface area contributed by atoms with Gasteiger partial charge in [-0.3, -0.25) is 4.79 Å². The molecular formula is C14H15BrN2O4. The molecule has 0 spiro atoms. The number of carbonyl (C=O) groups is 2. The SMILES string of the molecule is COCCC(NC(=O)c1[nH]c2ccccc2c1Br)C(=O)O. The average Bonchev–Trinajstić information content (AvgIpc) is 2.81. The Kier molecular flexibility index (Phi) is 4.98. The summed E-state index contributed by atoms with van der Waals surface area (Å²) in [5.41, 5.74) is 1.11. The van der Waals surface area contributed by atoms with E-state index in [9.17, 15) is 9.59 Å². The van der Waals surface area contributed by atoms with Crippen molar-refractivity contribution in [3.63, 3.8) is 0 Å². The number of fused-ring (bicyclic) bond motifs is 1. The van der Waals surface area contributed by atoms with Gasteiger partial charge in [0, 0.05) is 31.0 Å². The number of halogens is 1. The van der Waals surface area contributed by atoms with Gasteiger partial charge < -0.3 is 20.1 Å². The standard InChI is InChI=1S/C14H15BrN2O4/c1-21-7-6-10(14(19)20)17-13(18)12-11(15)8-4-2-3-5-9(8)16-12/h2-5,10,16H,6-7H2,1H3,(H,17,18)(H,19,20). The molecule has 6 nitrogen and oxygen atoms in total. The summed E-state index contributed by atoms with van der Waals surface area (Å²) < 4.78 is 5.47. The molecule has 1 aromatic heterocycles. The number of benzene rings is 1. The maximum absolute atomic E-state index is 12.2. The first kappa shape index (κ1) is 15.5. The maximum atomic E-state index is 12.2. The normalized spacial score (nSPS) is 12.3. The zero-order chi connectivity index (χ0) is 15.4. The highest BCUT2D eigenvalue weighted by atomic mass is 79.9. The van der Waals surface area contributed by atoms with E-state index in [1.807, 2.05) is 24.3 Å². The number of hydrogen-bond donors (Lipinski definition) is 3. The number of carbonyl (C=O) groups excluding carboxylic acids is 1. The van der Waals surface area contributed by atoms with E-state index in [1.165, 1.54) is 7.11 Å². The highest BCUT2D eigenvalue weighted by Gasteiger charge is 2.23. The van der Waals surface area contributed by atoms with Crippen molar-refractivity contribution in [3.8, 4) is 0 Å². The van der Waals surface area contributed by atoms with Crippen molar-refractivity contribution in [2.75, 3.05) is 13.7 Å². The summed E-state index contributed by atoms with van der Waals surface area (Å²) in [7, 11) is 1.48. The minimum atomic E-state index is -1.09. The Morgan fingerprint density at radius 2 is 2.14 bits per heavy atom. The van der Waals surface area contributed by atoms with Crippen LogP contribution in [0.15, 0.2) is 28.7 Å². The van der Waals surface area contributed by atoms with Crippen LogP contribution in [0, 0.1) is 0 Å². The van der Waals surface area contributed by atoms with Gasteiger partial charge in [0.1, 0.15) is 11.7 Å². The molecule has 2 aromatic rings. The van der Waals surface area contributed by atoms with Gasteiger partial charge in [-0.15, -0.1) is 0 Å². The van der Waals surface area contributed by atoms with Crippen molar-refractivity contribution in [1.82, 2.24) is 10.3 Å². The lowest BCUT2D eigenvalue weighted by Gasteiger charge is -2.13. The third-order valence-electron chi connectivity index (χ3n) is 3.08. The van der Waals surface area contributed by atoms with Gasteiger partial charge in [0.2, 0.25) is 0 Å². The van der Waals surface area contributed by atoms with Crippen molar-refractivity contribution in [3.05, 3.63) is 34.4 Å². The molecule has 3 N–H and O–H groups in total. The molecule has 112 valence electrons. The molecule has 7 heteroatoms. The first-order valence-electron chi connectivity index (χ1n) is 6.33. The van der Waals surface area contributed by atoms with Crippen molar-refractivity contribution < 1.29 is 19.4 Å². The number of methoxy groups -OCH3 is 1. The summed E-state index contributed by atoms with van der Waals surface area (Å²) in [4.78, 5) is 26.4. The van der Waals surface area contributed by atoms with Crippen LogP contribution in [0.25, 0.3) is 10.9 Å². The Hall–Kier alpha value is -1.86. The van der Waals surface area contributed by atoms with Gasteiger partial charge in [0.05, 0.1) is 4.47 Å². The van der Waals surface area contributed by atoms with Crippen LogP contribution in [0.5, 0.6) is 0 Å². The van der Waals surface area contributed by atoms with Crippen molar-refractivity contribution in [2.24, 2.45) is 0 Å². The van der Waals surface area contributed by atoms with Gasteiger partial charge in [-0.25, -0.2) is 4.79 Å². The second kappa shape index (κ2) is 6.73. The minimum Gasteiger partial charge on any atom is -0.480 e. The molecule has 0 saturated heterocycles. The van der Waals surface area contributed by atoms with E-state index in [1.54, 1.807) is 0 Å². The number of rotatable bonds is 6. The fraction of sp³-hybridized carbons (Fsp3) is 0.286. The fourth-order valence-corrected chi connectivity index (χ4v) is 2.61. The Balaban J connectivity index is 2.21. The monoisotopic (exact) mass is 354 g/mol. The van der Waals surface area contributed by atoms with E-state index in [-0.39, 0.29) is 13.0 Å². The fourth-order valence-electron chi connectivity index (χ4n) is 1.99. The van der Waals surface area contributed by atoms with E-state index in [2.05, 4.69) is 26.2 Å². The summed E-state index contributed by atoms with van der Waals surface area (Å²) in [6, 6.07) is 6.44. The van der Waals surface area contributed by atoms with Crippen molar-refractivity contribution >= 4 is 38.7 Å². The van der Waals surface area contributed by atoms with Crippen LogP contribution in [0.2, 0.25) is 0 Å². The third kappa shape index (κ3) is 3.43. The molecule has 0 bridgehead atoms. The first-order chi connectivity index (χ1) is 10.0. The van der Waals surface area contributed by atoms with Gasteiger partial charge >= 0.3 is 5.97 Å². The molecule has 1 unspecified atom stereocenters. The molecule has 1 aromatic carbocycles. The van der Waals surface area contributed by atoms with Gasteiger partial charge in [-0.2, -0.15) is 0 Å². The van der Waals surface area contributed by atoms with E-state index >= 15 is 0 Å². The summed E-state index contributed by atoms with van der Waals surface area (Å²) in [6.07, 6.45) is 0.204. The summed E-state index contributed by atoms with van der Waals surface area (Å²) in [5.74, 6) is -1.56. The van der Waals surface area contributed by atoms with Crippen LogP contribution in [-0.2, 0) is 9.53 Å². The second-order valence-electron chi connectivity index (χ2n) is 4.51. The highest BCUT2D eigenvalue weighted by Crippen LogP contribution is 2.27. The number of carboxylic acids is 1. The molecule has 0 radical (unpaired) electrons. The largest absolute Gasteiger partial charge is 0.480 e. The second-order valence-corrected chi connectivity index (χ2v) is 5.30. The zero-order valence-corrected chi connectivity index (χ0v) is 12.9. The Morgan fingerprint density at radius 1 is 1.43 bits per heavy atom. The lowest BCUT2D eigenvalue weighted by molar-refractivity contribution is -0.139. The molecule has 1 amide bonds. The third-order valence-corrected chi connectivity index (χ3v) is 3.91. The summed E-state index contributed by atoms with van der Waals surface area (Å²) >= 11 is 3.37. The number of ether oxygens (including phenoxy) is 1. The molecule has 0 saturated carbocycles. The van der Waals surface area contributed by atoms with Gasteiger partial charge in [0.25, 0.3) is 5.91 Å². The van der Waals surface area contributed by atoms with Crippen LogP contribution in [0.3, 0.4) is 0 Å². The smallest absolute Gasteiger partial charge is 0.326 e. The van der Waals surface area contributed by atoms with Crippen molar-refractivity contribution in [1.29, 1.82) is 0 Å². The molecule has 21 heavy (non-hydrogen) atoms. The lowest BCUT2D eigenvalue weighted by atomic mass is 10.2. The molecule has 0 fully saturated rings. The predicted octanol–water partition coefficient (Wildman–Crippen LogP) is 2.15. The lowest BCUT2D eigenvalue weighted by Crippen LogP contribution is -2.41. The number of hydrogen-bond acceptors (Lipinski definition) is 3. The number of amides is 1. The average molecular weight is 355 g/mol. The molecule has 1 atom stereocenters. The number of H-pyrrole nitrogens is 1. The molecule has 0 aliphatic carbocycles. The number of aromatic nitrogens is 1. The van der Waals surface area contributed by atoms with Gasteiger partial charge in [-0.1, -0.05) is 18.2 Å². The number of carboxylic acid groups (broad SMARTS) is 1. The molecule has 2 rings (SSSR count). The quantitative estimate of drug-likeness (QED) is 0.741. The number of aromatic amines is 1. The van der Waals surface area contributed by atoms with Crippen LogP contribution in [-0.4, -0.2) is 41.7 Å². The number of aliphatic carboxylic acids is 1. The van der Waals surface area contributed by atoms with E-state index in [4.69, 9.17) is 9.84 Å². The van der Waals surface area contributed by atoms with E-state index < -0.39 is 17.9 Å². The number of nitrogens with one attached hydrogen (secondary N) is 2. The highest BCUT2D eigenvalue weighted by molar-refractivity contribution is 9.10. The van der Waals surface area contributed by atoms with Crippen LogP contribution in [0.1, 0.15) is 16.9 Å². The Labute approximate surface area is 129 Å². The van der Waals surface area contributed by atoms with E-state index in [0.717, 1.165) is 10.9 Å². The van der Waals surface area contributed by atoms with Crippen LogP contribution in [0.4, 0.5) is 0 Å². The van der Waals surface area contributed by atoms with Gasteiger partial charge in [-0.05, 0) is 22.0 Å². The molecule has 0 aliphatic heterocycles. The van der Waals surface area contributed by atoms with Crippen molar-refractivity contribution in [2.45, 2.75) is 12.5 Å². The number of para-hydroxylation sites is 1. The zero-order valence-electron chi connectivity index (χ0n) is 11.4. The molecule has 1 heterocycles. The Morgan fingerprint density at radius 3 is 2.76 bits per heavy atom. The minimum absolute atomic E-state index is 0.204. The first-order valence-corrected chi connectivity index (χ1v) is 7.12. The summed E-state index contributed by atoms with van der Waals surface area (Å²) in [6.45, 7) is 0.255. The molecular weight excluding hydrogens is 340 g/mol.